The van der Waals surface area contributed by atoms with E-state index < -0.39 is 5.92 Å². The third-order valence-electron chi connectivity index (χ3n) is 5.56. The summed E-state index contributed by atoms with van der Waals surface area (Å²) in [5, 5.41) is 16.2. The molecule has 3 heterocycles. The van der Waals surface area contributed by atoms with E-state index in [1.54, 1.807) is 45.8 Å². The van der Waals surface area contributed by atoms with Crippen LogP contribution in [0.1, 0.15) is 6.42 Å². The highest BCUT2D eigenvalue weighted by Gasteiger charge is 2.34. The highest BCUT2D eigenvalue weighted by molar-refractivity contribution is 6.30. The summed E-state index contributed by atoms with van der Waals surface area (Å²) in [6.07, 6.45) is 0.170. The van der Waals surface area contributed by atoms with Crippen molar-refractivity contribution in [3.63, 3.8) is 0 Å². The molecule has 1 fully saturated rings. The molecule has 0 aliphatic carbocycles. The molecule has 1 unspecified atom stereocenters. The number of anilines is 1. The Bertz CT molecular complexity index is 1330. The van der Waals surface area contributed by atoms with Crippen molar-refractivity contribution in [1.82, 2.24) is 25.1 Å². The number of halogens is 1. The van der Waals surface area contributed by atoms with E-state index >= 15 is 0 Å². The van der Waals surface area contributed by atoms with Gasteiger partial charge in [0, 0.05) is 35.3 Å². The monoisotopic (exact) mass is 476 g/mol. The standard InChI is InChI=1S/C24H21ClN6O3/c25-18-6-8-19(9-7-18)30-15-17(14-22(30)32)24(33)26-12-13-34-21-11-10-20-27-28-23(31(20)29-21)16-4-2-1-3-5-16/h1-11,17H,12-15H2,(H,26,33). The van der Waals surface area contributed by atoms with Crippen LogP contribution in [0.5, 0.6) is 5.88 Å². The average Bonchev–Trinajstić information content (AvgIpc) is 3.46. The lowest BCUT2D eigenvalue weighted by Crippen LogP contribution is -2.35. The first-order valence-electron chi connectivity index (χ1n) is 10.8. The van der Waals surface area contributed by atoms with Crippen LogP contribution in [0.25, 0.3) is 17.0 Å². The van der Waals surface area contributed by atoms with E-state index in [1.165, 1.54) is 0 Å². The Kier molecular flexibility index (Phi) is 6.09. The molecule has 2 amide bonds. The van der Waals surface area contributed by atoms with Crippen molar-refractivity contribution in [3.8, 4) is 17.3 Å². The first kappa shape index (κ1) is 21.8. The number of fused-ring (bicyclic) bond motifs is 1. The van der Waals surface area contributed by atoms with Crippen molar-refractivity contribution in [2.45, 2.75) is 6.42 Å². The summed E-state index contributed by atoms with van der Waals surface area (Å²) in [5.41, 5.74) is 2.24. The zero-order chi connectivity index (χ0) is 23.5. The van der Waals surface area contributed by atoms with Crippen molar-refractivity contribution < 1.29 is 14.3 Å². The molecule has 0 saturated carbocycles. The van der Waals surface area contributed by atoms with E-state index in [0.717, 1.165) is 11.3 Å². The molecular weight excluding hydrogens is 456 g/mol. The second kappa shape index (κ2) is 9.48. The van der Waals surface area contributed by atoms with Gasteiger partial charge in [0.25, 0.3) is 0 Å². The highest BCUT2D eigenvalue weighted by Crippen LogP contribution is 2.26. The maximum Gasteiger partial charge on any atom is 0.231 e. The second-order valence-electron chi connectivity index (χ2n) is 7.85. The lowest BCUT2D eigenvalue weighted by Gasteiger charge is -2.16. The van der Waals surface area contributed by atoms with Crippen LogP contribution in [-0.2, 0) is 9.59 Å². The second-order valence-corrected chi connectivity index (χ2v) is 8.29. The molecular formula is C24H21ClN6O3. The molecule has 1 saturated heterocycles. The van der Waals surface area contributed by atoms with Crippen LogP contribution in [0.2, 0.25) is 5.02 Å². The Labute approximate surface area is 200 Å². The van der Waals surface area contributed by atoms with Gasteiger partial charge in [-0.1, -0.05) is 41.9 Å². The van der Waals surface area contributed by atoms with Gasteiger partial charge in [0.1, 0.15) is 6.61 Å². The van der Waals surface area contributed by atoms with Crippen LogP contribution in [-0.4, -0.2) is 51.3 Å². The molecule has 1 aliphatic heterocycles. The average molecular weight is 477 g/mol. The molecule has 1 aliphatic rings. The molecule has 1 atom stereocenters. The fraction of sp³-hybridized carbons (Fsp3) is 0.208. The van der Waals surface area contributed by atoms with Crippen LogP contribution in [0.15, 0.2) is 66.7 Å². The summed E-state index contributed by atoms with van der Waals surface area (Å²) < 4.78 is 7.34. The van der Waals surface area contributed by atoms with Crippen LogP contribution in [0, 0.1) is 5.92 Å². The normalized spacial score (nSPS) is 15.6. The third-order valence-corrected chi connectivity index (χ3v) is 5.81. The molecule has 34 heavy (non-hydrogen) atoms. The van der Waals surface area contributed by atoms with Crippen molar-refractivity contribution in [2.24, 2.45) is 5.92 Å². The molecule has 0 radical (unpaired) electrons. The van der Waals surface area contributed by atoms with E-state index in [9.17, 15) is 9.59 Å². The van der Waals surface area contributed by atoms with E-state index in [1.807, 2.05) is 30.3 Å². The van der Waals surface area contributed by atoms with Crippen molar-refractivity contribution in [1.29, 1.82) is 0 Å². The number of benzene rings is 2. The molecule has 4 aromatic rings. The van der Waals surface area contributed by atoms with Crippen LogP contribution < -0.4 is 15.0 Å². The third kappa shape index (κ3) is 4.55. The molecule has 5 rings (SSSR count). The van der Waals surface area contributed by atoms with Crippen LogP contribution in [0.3, 0.4) is 0 Å². The summed E-state index contributed by atoms with van der Waals surface area (Å²) in [6.45, 7) is 0.855. The smallest absolute Gasteiger partial charge is 0.231 e. The summed E-state index contributed by atoms with van der Waals surface area (Å²) in [4.78, 5) is 26.6. The number of ether oxygens (including phenoxy) is 1. The minimum Gasteiger partial charge on any atom is -0.475 e. The van der Waals surface area contributed by atoms with Crippen LogP contribution >= 0.6 is 11.6 Å². The van der Waals surface area contributed by atoms with E-state index in [4.69, 9.17) is 16.3 Å². The minimum atomic E-state index is -0.414. The van der Waals surface area contributed by atoms with Crippen molar-refractivity contribution in [2.75, 3.05) is 24.6 Å². The summed E-state index contributed by atoms with van der Waals surface area (Å²) >= 11 is 5.92. The van der Waals surface area contributed by atoms with E-state index in [0.29, 0.717) is 28.9 Å². The SMILES string of the molecule is O=C(NCCOc1ccc2nnc(-c3ccccc3)n2n1)C1CC(=O)N(c2ccc(Cl)cc2)C1. The first-order valence-corrected chi connectivity index (χ1v) is 11.2. The van der Waals surface area contributed by atoms with Gasteiger partial charge in [-0.05, 0) is 30.3 Å². The number of rotatable bonds is 7. The van der Waals surface area contributed by atoms with Crippen LogP contribution in [0.4, 0.5) is 5.69 Å². The predicted molar refractivity (Wildman–Crippen MR) is 127 cm³/mol. The summed E-state index contributed by atoms with van der Waals surface area (Å²) in [6, 6.07) is 20.1. The Morgan fingerprint density at radius 3 is 2.65 bits per heavy atom. The number of nitrogens with zero attached hydrogens (tertiary/aromatic N) is 5. The highest BCUT2D eigenvalue weighted by atomic mass is 35.5. The van der Waals surface area contributed by atoms with E-state index in [2.05, 4.69) is 20.6 Å². The Hall–Kier alpha value is -3.98. The molecule has 2 aromatic carbocycles. The number of hydrogen-bond acceptors (Lipinski definition) is 6. The zero-order valence-electron chi connectivity index (χ0n) is 18.1. The number of amides is 2. The number of nitrogens with one attached hydrogen (secondary N) is 1. The number of carbonyl (C=O) groups is 2. The minimum absolute atomic E-state index is 0.0839. The van der Waals surface area contributed by atoms with Gasteiger partial charge in [0.2, 0.25) is 17.7 Å². The van der Waals surface area contributed by atoms with Gasteiger partial charge in [0.15, 0.2) is 11.5 Å². The summed E-state index contributed by atoms with van der Waals surface area (Å²) in [7, 11) is 0. The number of hydrogen-bond donors (Lipinski definition) is 1. The van der Waals surface area contributed by atoms with E-state index in [-0.39, 0.29) is 31.4 Å². The lowest BCUT2D eigenvalue weighted by molar-refractivity contribution is -0.126. The van der Waals surface area contributed by atoms with Gasteiger partial charge >= 0.3 is 0 Å². The lowest BCUT2D eigenvalue weighted by atomic mass is 10.1. The Morgan fingerprint density at radius 1 is 1.06 bits per heavy atom. The molecule has 10 heteroatoms. The molecule has 9 nitrogen and oxygen atoms in total. The first-order chi connectivity index (χ1) is 16.6. The Balaban J connectivity index is 1.15. The van der Waals surface area contributed by atoms with Crippen molar-refractivity contribution >= 4 is 34.7 Å². The molecule has 0 spiro atoms. The van der Waals surface area contributed by atoms with Gasteiger partial charge in [-0.3, -0.25) is 9.59 Å². The van der Waals surface area contributed by atoms with Gasteiger partial charge < -0.3 is 15.0 Å². The molecule has 1 N–H and O–H groups in total. The molecule has 0 bridgehead atoms. The number of aromatic nitrogens is 4. The molecule has 2 aromatic heterocycles. The largest absolute Gasteiger partial charge is 0.475 e. The molecule has 172 valence electrons. The van der Waals surface area contributed by atoms with Crippen molar-refractivity contribution in [3.05, 3.63) is 71.8 Å². The maximum atomic E-state index is 12.6. The number of carbonyl (C=O) groups excluding carboxylic acids is 2. The predicted octanol–water partition coefficient (Wildman–Crippen LogP) is 2.99. The van der Waals surface area contributed by atoms with Gasteiger partial charge in [-0.2, -0.15) is 4.52 Å². The zero-order valence-corrected chi connectivity index (χ0v) is 18.9. The topological polar surface area (TPSA) is 102 Å². The maximum absolute atomic E-state index is 12.6. The van der Waals surface area contributed by atoms with Gasteiger partial charge in [0.05, 0.1) is 12.5 Å². The fourth-order valence-electron chi connectivity index (χ4n) is 3.84. The Morgan fingerprint density at radius 2 is 1.85 bits per heavy atom. The summed E-state index contributed by atoms with van der Waals surface area (Å²) in [5.74, 6) is 0.332. The van der Waals surface area contributed by atoms with Gasteiger partial charge in [-0.25, -0.2) is 0 Å². The van der Waals surface area contributed by atoms with Gasteiger partial charge in [-0.15, -0.1) is 15.3 Å². The fourth-order valence-corrected chi connectivity index (χ4v) is 3.97. The quantitative estimate of drug-likeness (QED) is 0.411.